The van der Waals surface area contributed by atoms with Gasteiger partial charge in [0.2, 0.25) is 0 Å². The first-order valence-corrected chi connectivity index (χ1v) is 7.00. The van der Waals surface area contributed by atoms with E-state index in [2.05, 4.69) is 10.2 Å². The standard InChI is InChI=1S/C14H19N3O/c15-11-4-12(16-17-13(11)18)14-5-8-1-9(6-14)3-10(2-8)7-14/h4,8-10H,1-3,5-7H2,(H2,15,16)(H,17,18). The number of nitrogens with one attached hydrogen (secondary N) is 1. The fourth-order valence-corrected chi connectivity index (χ4v) is 5.12. The van der Waals surface area contributed by atoms with Crippen LogP contribution in [-0.2, 0) is 5.41 Å². The van der Waals surface area contributed by atoms with Crippen LogP contribution in [0.2, 0.25) is 0 Å². The number of aromatic amines is 1. The molecule has 4 aliphatic rings. The van der Waals surface area contributed by atoms with E-state index in [1.807, 2.05) is 6.07 Å². The van der Waals surface area contributed by atoms with E-state index in [9.17, 15) is 4.79 Å². The van der Waals surface area contributed by atoms with Crippen molar-refractivity contribution in [2.24, 2.45) is 17.8 Å². The zero-order chi connectivity index (χ0) is 12.3. The molecule has 3 N–H and O–H groups in total. The van der Waals surface area contributed by atoms with Crippen LogP contribution in [0.4, 0.5) is 5.69 Å². The third-order valence-corrected chi connectivity index (χ3v) is 5.41. The average molecular weight is 245 g/mol. The molecule has 0 spiro atoms. The molecular weight excluding hydrogens is 226 g/mol. The molecule has 4 saturated carbocycles. The molecule has 0 amide bonds. The topological polar surface area (TPSA) is 71.8 Å². The van der Waals surface area contributed by atoms with E-state index in [4.69, 9.17) is 5.73 Å². The highest BCUT2D eigenvalue weighted by Gasteiger charge is 2.52. The van der Waals surface area contributed by atoms with Crippen molar-refractivity contribution in [1.29, 1.82) is 0 Å². The maximum atomic E-state index is 11.4. The maximum absolute atomic E-state index is 11.4. The molecule has 4 aliphatic carbocycles. The van der Waals surface area contributed by atoms with Crippen LogP contribution >= 0.6 is 0 Å². The van der Waals surface area contributed by atoms with E-state index in [0.717, 1.165) is 23.4 Å². The summed E-state index contributed by atoms with van der Waals surface area (Å²) in [4.78, 5) is 11.4. The van der Waals surface area contributed by atoms with Crippen molar-refractivity contribution in [2.75, 3.05) is 5.73 Å². The molecule has 0 aromatic carbocycles. The van der Waals surface area contributed by atoms with E-state index in [1.165, 1.54) is 38.5 Å². The monoisotopic (exact) mass is 245 g/mol. The Hall–Kier alpha value is -1.32. The first-order chi connectivity index (χ1) is 8.64. The number of nitrogen functional groups attached to an aromatic ring is 1. The lowest BCUT2D eigenvalue weighted by Crippen LogP contribution is -2.49. The van der Waals surface area contributed by atoms with Crippen molar-refractivity contribution >= 4 is 5.69 Å². The van der Waals surface area contributed by atoms with Gasteiger partial charge < -0.3 is 5.73 Å². The van der Waals surface area contributed by atoms with Crippen molar-refractivity contribution in [3.8, 4) is 0 Å². The Labute approximate surface area is 106 Å². The first kappa shape index (κ1) is 10.6. The molecule has 5 rings (SSSR count). The fraction of sp³-hybridized carbons (Fsp3) is 0.714. The second-order valence-corrected chi connectivity index (χ2v) is 6.74. The highest BCUT2D eigenvalue weighted by atomic mass is 16.1. The highest BCUT2D eigenvalue weighted by molar-refractivity contribution is 5.38. The van der Waals surface area contributed by atoms with Crippen LogP contribution < -0.4 is 11.3 Å². The van der Waals surface area contributed by atoms with Gasteiger partial charge in [-0.1, -0.05) is 0 Å². The number of hydrogen-bond donors (Lipinski definition) is 2. The molecule has 1 heterocycles. The van der Waals surface area contributed by atoms with Gasteiger partial charge in [0, 0.05) is 5.41 Å². The van der Waals surface area contributed by atoms with Gasteiger partial charge >= 0.3 is 0 Å². The Morgan fingerprint density at radius 3 is 2.22 bits per heavy atom. The summed E-state index contributed by atoms with van der Waals surface area (Å²) in [5, 5.41) is 6.87. The number of nitrogens with two attached hydrogens (primary N) is 1. The molecule has 96 valence electrons. The van der Waals surface area contributed by atoms with Gasteiger partial charge in [-0.3, -0.25) is 4.79 Å². The molecule has 1 aromatic rings. The molecule has 4 fully saturated rings. The van der Waals surface area contributed by atoms with Crippen LogP contribution in [0.3, 0.4) is 0 Å². The van der Waals surface area contributed by atoms with E-state index in [1.54, 1.807) is 0 Å². The molecule has 4 nitrogen and oxygen atoms in total. The van der Waals surface area contributed by atoms with Gasteiger partial charge in [0.15, 0.2) is 0 Å². The van der Waals surface area contributed by atoms with Crippen LogP contribution in [0.5, 0.6) is 0 Å². The van der Waals surface area contributed by atoms with Gasteiger partial charge in [0.25, 0.3) is 5.56 Å². The summed E-state index contributed by atoms with van der Waals surface area (Å²) in [6.45, 7) is 0. The Morgan fingerprint density at radius 2 is 1.72 bits per heavy atom. The smallest absolute Gasteiger partial charge is 0.287 e. The minimum Gasteiger partial charge on any atom is -0.394 e. The molecule has 1 aromatic heterocycles. The molecule has 0 unspecified atom stereocenters. The predicted molar refractivity (Wildman–Crippen MR) is 69.1 cm³/mol. The largest absolute Gasteiger partial charge is 0.394 e. The number of anilines is 1. The Morgan fingerprint density at radius 1 is 1.17 bits per heavy atom. The van der Waals surface area contributed by atoms with Gasteiger partial charge in [0.05, 0.1) is 5.69 Å². The maximum Gasteiger partial charge on any atom is 0.287 e. The minimum atomic E-state index is -0.261. The zero-order valence-corrected chi connectivity index (χ0v) is 10.5. The highest BCUT2D eigenvalue weighted by Crippen LogP contribution is 2.60. The van der Waals surface area contributed by atoms with Crippen LogP contribution in [0.1, 0.15) is 44.2 Å². The third-order valence-electron chi connectivity index (χ3n) is 5.41. The van der Waals surface area contributed by atoms with E-state index >= 15 is 0 Å². The minimum absolute atomic E-state index is 0.215. The summed E-state index contributed by atoms with van der Waals surface area (Å²) in [6.07, 6.45) is 7.99. The van der Waals surface area contributed by atoms with Crippen LogP contribution in [-0.4, -0.2) is 10.2 Å². The summed E-state index contributed by atoms with van der Waals surface area (Å²) in [7, 11) is 0. The van der Waals surface area contributed by atoms with E-state index in [0.29, 0.717) is 5.69 Å². The van der Waals surface area contributed by atoms with Crippen LogP contribution in [0, 0.1) is 17.8 Å². The molecule has 0 aliphatic heterocycles. The SMILES string of the molecule is Nc1cc(C23CC4CC(CC(C4)C2)C3)n[nH]c1=O. The number of hydrogen-bond acceptors (Lipinski definition) is 3. The summed E-state index contributed by atoms with van der Waals surface area (Å²) in [5.74, 6) is 2.64. The number of nitrogens with zero attached hydrogens (tertiary/aromatic N) is 1. The summed E-state index contributed by atoms with van der Waals surface area (Å²) in [6, 6.07) is 1.83. The van der Waals surface area contributed by atoms with Crippen molar-refractivity contribution in [2.45, 2.75) is 43.9 Å². The lowest BCUT2D eigenvalue weighted by molar-refractivity contribution is -0.00759. The van der Waals surface area contributed by atoms with Crippen LogP contribution in [0.15, 0.2) is 10.9 Å². The lowest BCUT2D eigenvalue weighted by Gasteiger charge is -2.56. The van der Waals surface area contributed by atoms with Crippen molar-refractivity contribution < 1.29 is 0 Å². The van der Waals surface area contributed by atoms with Crippen molar-refractivity contribution in [3.63, 3.8) is 0 Å². The quantitative estimate of drug-likeness (QED) is 0.792. The van der Waals surface area contributed by atoms with Gasteiger partial charge in [0.1, 0.15) is 5.69 Å². The lowest BCUT2D eigenvalue weighted by atomic mass is 9.49. The molecule has 0 atom stereocenters. The molecule has 18 heavy (non-hydrogen) atoms. The summed E-state index contributed by atoms with van der Waals surface area (Å²) >= 11 is 0. The van der Waals surface area contributed by atoms with Gasteiger partial charge in [-0.15, -0.1) is 0 Å². The van der Waals surface area contributed by atoms with Gasteiger partial charge in [-0.05, 0) is 62.3 Å². The Kier molecular flexibility index (Phi) is 1.98. The zero-order valence-electron chi connectivity index (χ0n) is 10.5. The number of rotatable bonds is 1. The molecule has 0 saturated heterocycles. The van der Waals surface area contributed by atoms with Crippen LogP contribution in [0.25, 0.3) is 0 Å². The molecule has 4 heteroatoms. The Balaban J connectivity index is 1.79. The normalized spacial score (nSPS) is 41.2. The molecule has 4 bridgehead atoms. The Bertz CT molecular complexity index is 513. The van der Waals surface area contributed by atoms with Crippen molar-refractivity contribution in [1.82, 2.24) is 10.2 Å². The third kappa shape index (κ3) is 1.38. The second-order valence-electron chi connectivity index (χ2n) is 6.74. The molecular formula is C14H19N3O. The van der Waals surface area contributed by atoms with Gasteiger partial charge in [-0.2, -0.15) is 5.10 Å². The number of H-pyrrole nitrogens is 1. The molecule has 0 radical (unpaired) electrons. The summed E-state index contributed by atoms with van der Waals surface area (Å²) < 4.78 is 0. The summed E-state index contributed by atoms with van der Waals surface area (Å²) in [5.41, 5.74) is 7.07. The second kappa shape index (κ2) is 3.37. The van der Waals surface area contributed by atoms with Gasteiger partial charge in [-0.25, -0.2) is 5.10 Å². The van der Waals surface area contributed by atoms with Crippen molar-refractivity contribution in [3.05, 3.63) is 22.1 Å². The van der Waals surface area contributed by atoms with E-state index in [-0.39, 0.29) is 11.0 Å². The average Bonchev–Trinajstić information content (AvgIpc) is 2.31. The predicted octanol–water partition coefficient (Wildman–Crippen LogP) is 1.82. The van der Waals surface area contributed by atoms with E-state index < -0.39 is 0 Å². The fourth-order valence-electron chi connectivity index (χ4n) is 5.12. The number of aromatic nitrogens is 2. The first-order valence-electron chi connectivity index (χ1n) is 7.00.